The third-order valence-corrected chi connectivity index (χ3v) is 3.50. The Morgan fingerprint density at radius 3 is 2.88 bits per heavy atom. The van der Waals surface area contributed by atoms with Crippen molar-refractivity contribution in [2.75, 3.05) is 33.3 Å². The van der Waals surface area contributed by atoms with Gasteiger partial charge in [0.2, 0.25) is 0 Å². The predicted molar refractivity (Wildman–Crippen MR) is 73.1 cm³/mol. The lowest BCUT2D eigenvalue weighted by molar-refractivity contribution is -0.0291. The van der Waals surface area contributed by atoms with Crippen LogP contribution in [0.1, 0.15) is 5.56 Å². The van der Waals surface area contributed by atoms with Crippen LogP contribution in [0.15, 0.2) is 28.7 Å². The second-order valence-corrected chi connectivity index (χ2v) is 5.33. The molecule has 1 aromatic carbocycles. The summed E-state index contributed by atoms with van der Waals surface area (Å²) < 4.78 is 6.83. The quantitative estimate of drug-likeness (QED) is 0.918. The molecule has 17 heavy (non-hydrogen) atoms. The van der Waals surface area contributed by atoms with Gasteiger partial charge in [-0.3, -0.25) is 4.90 Å². The summed E-state index contributed by atoms with van der Waals surface area (Å²) in [5, 5.41) is 3.17. The van der Waals surface area contributed by atoms with Crippen molar-refractivity contribution in [3.8, 4) is 0 Å². The first kappa shape index (κ1) is 13.0. The maximum absolute atomic E-state index is 5.69. The maximum atomic E-state index is 5.69. The van der Waals surface area contributed by atoms with Gasteiger partial charge in [0.05, 0.1) is 12.7 Å². The van der Waals surface area contributed by atoms with Crippen molar-refractivity contribution in [3.63, 3.8) is 0 Å². The molecule has 0 amide bonds. The zero-order chi connectivity index (χ0) is 12.1. The molecule has 1 aliphatic rings. The van der Waals surface area contributed by atoms with Crippen LogP contribution in [0.3, 0.4) is 0 Å². The van der Waals surface area contributed by atoms with Crippen LogP contribution < -0.4 is 5.32 Å². The average Bonchev–Trinajstić information content (AvgIpc) is 2.33. The van der Waals surface area contributed by atoms with Gasteiger partial charge in [0.1, 0.15) is 0 Å². The van der Waals surface area contributed by atoms with Crippen LogP contribution in [0.25, 0.3) is 0 Å². The molecule has 1 saturated heterocycles. The number of rotatable bonds is 4. The van der Waals surface area contributed by atoms with E-state index in [-0.39, 0.29) is 0 Å². The summed E-state index contributed by atoms with van der Waals surface area (Å²) in [6.07, 6.45) is 0.323. The fraction of sp³-hybridized carbons (Fsp3) is 0.538. The van der Waals surface area contributed by atoms with Crippen LogP contribution in [0.2, 0.25) is 0 Å². The first-order valence-electron chi connectivity index (χ1n) is 6.01. The molecule has 1 unspecified atom stereocenters. The molecule has 1 N–H and O–H groups in total. The summed E-state index contributed by atoms with van der Waals surface area (Å²) >= 11 is 3.46. The van der Waals surface area contributed by atoms with Gasteiger partial charge in [-0.05, 0) is 24.7 Å². The highest BCUT2D eigenvalue weighted by atomic mass is 79.9. The lowest BCUT2D eigenvalue weighted by atomic mass is 10.2. The zero-order valence-corrected chi connectivity index (χ0v) is 11.7. The first-order chi connectivity index (χ1) is 8.28. The smallest absolute Gasteiger partial charge is 0.0826 e. The van der Waals surface area contributed by atoms with E-state index in [0.29, 0.717) is 6.10 Å². The van der Waals surface area contributed by atoms with Gasteiger partial charge in [0.15, 0.2) is 0 Å². The third-order valence-electron chi connectivity index (χ3n) is 2.97. The van der Waals surface area contributed by atoms with Crippen LogP contribution in [0, 0.1) is 0 Å². The average molecular weight is 299 g/mol. The number of ether oxygens (including phenoxy) is 1. The van der Waals surface area contributed by atoms with Crippen molar-refractivity contribution in [3.05, 3.63) is 34.3 Å². The number of halogens is 1. The van der Waals surface area contributed by atoms with Crippen molar-refractivity contribution >= 4 is 15.9 Å². The van der Waals surface area contributed by atoms with E-state index >= 15 is 0 Å². The van der Waals surface area contributed by atoms with E-state index in [9.17, 15) is 0 Å². The van der Waals surface area contributed by atoms with E-state index in [2.05, 4.69) is 50.4 Å². The van der Waals surface area contributed by atoms with Gasteiger partial charge < -0.3 is 10.1 Å². The van der Waals surface area contributed by atoms with Gasteiger partial charge in [0.25, 0.3) is 0 Å². The molecule has 1 fully saturated rings. The molecule has 2 rings (SSSR count). The Morgan fingerprint density at radius 1 is 1.41 bits per heavy atom. The monoisotopic (exact) mass is 298 g/mol. The standard InChI is InChI=1S/C13H19BrN2O/c1-15-8-13-10-16(6-7-17-13)9-11-2-4-12(14)5-3-11/h2-5,13,15H,6-10H2,1H3. The second-order valence-electron chi connectivity index (χ2n) is 4.41. The topological polar surface area (TPSA) is 24.5 Å². The Bertz CT molecular complexity index is 340. The van der Waals surface area contributed by atoms with Crippen molar-refractivity contribution in [1.29, 1.82) is 0 Å². The molecule has 1 heterocycles. The molecule has 0 bridgehead atoms. The Balaban J connectivity index is 1.87. The Kier molecular flexibility index (Phi) is 4.98. The van der Waals surface area contributed by atoms with E-state index in [1.165, 1.54) is 5.56 Å². The second kappa shape index (κ2) is 6.50. The van der Waals surface area contributed by atoms with Crippen molar-refractivity contribution in [2.45, 2.75) is 12.6 Å². The molecule has 1 atom stereocenters. The number of hydrogen-bond acceptors (Lipinski definition) is 3. The molecule has 0 aromatic heterocycles. The van der Waals surface area contributed by atoms with Crippen LogP contribution in [-0.2, 0) is 11.3 Å². The van der Waals surface area contributed by atoms with E-state index in [1.807, 2.05) is 7.05 Å². The molecule has 0 spiro atoms. The van der Waals surface area contributed by atoms with E-state index in [0.717, 1.165) is 37.3 Å². The lowest BCUT2D eigenvalue weighted by Gasteiger charge is -2.32. The maximum Gasteiger partial charge on any atom is 0.0826 e. The SMILES string of the molecule is CNCC1CN(Cc2ccc(Br)cc2)CCO1. The summed E-state index contributed by atoms with van der Waals surface area (Å²) in [5.74, 6) is 0. The molecule has 1 aromatic rings. The molecule has 1 aliphatic heterocycles. The molecular formula is C13H19BrN2O. The Labute approximate surface area is 111 Å². The lowest BCUT2D eigenvalue weighted by Crippen LogP contribution is -2.45. The number of likely N-dealkylation sites (N-methyl/N-ethyl adjacent to an activating group) is 1. The minimum Gasteiger partial charge on any atom is -0.374 e. The fourth-order valence-electron chi connectivity index (χ4n) is 2.12. The summed E-state index contributed by atoms with van der Waals surface area (Å²) in [5.41, 5.74) is 1.36. The zero-order valence-electron chi connectivity index (χ0n) is 10.2. The van der Waals surface area contributed by atoms with Crippen molar-refractivity contribution in [2.24, 2.45) is 0 Å². The number of nitrogens with zero attached hydrogens (tertiary/aromatic N) is 1. The molecule has 3 nitrogen and oxygen atoms in total. The number of nitrogens with one attached hydrogen (secondary N) is 1. The van der Waals surface area contributed by atoms with Crippen LogP contribution in [-0.4, -0.2) is 44.3 Å². The molecular weight excluding hydrogens is 280 g/mol. The fourth-order valence-corrected chi connectivity index (χ4v) is 2.39. The van der Waals surface area contributed by atoms with Crippen molar-refractivity contribution < 1.29 is 4.74 Å². The molecule has 0 aliphatic carbocycles. The van der Waals surface area contributed by atoms with Gasteiger partial charge in [-0.1, -0.05) is 28.1 Å². The number of morpholine rings is 1. The Hall–Kier alpha value is -0.420. The Morgan fingerprint density at radius 2 is 2.18 bits per heavy atom. The minimum atomic E-state index is 0.323. The number of benzene rings is 1. The predicted octanol–water partition coefficient (Wildman–Crippen LogP) is 1.87. The van der Waals surface area contributed by atoms with Gasteiger partial charge in [-0.15, -0.1) is 0 Å². The van der Waals surface area contributed by atoms with Crippen LogP contribution >= 0.6 is 15.9 Å². The van der Waals surface area contributed by atoms with Gasteiger partial charge in [-0.25, -0.2) is 0 Å². The van der Waals surface area contributed by atoms with Crippen molar-refractivity contribution in [1.82, 2.24) is 10.2 Å². The van der Waals surface area contributed by atoms with E-state index < -0.39 is 0 Å². The van der Waals surface area contributed by atoms with Gasteiger partial charge in [0, 0.05) is 30.7 Å². The van der Waals surface area contributed by atoms with Crippen LogP contribution in [0.4, 0.5) is 0 Å². The van der Waals surface area contributed by atoms with Gasteiger partial charge >= 0.3 is 0 Å². The highest BCUT2D eigenvalue weighted by Gasteiger charge is 2.19. The largest absolute Gasteiger partial charge is 0.374 e. The van der Waals surface area contributed by atoms with E-state index in [4.69, 9.17) is 4.74 Å². The molecule has 4 heteroatoms. The van der Waals surface area contributed by atoms with Gasteiger partial charge in [-0.2, -0.15) is 0 Å². The van der Waals surface area contributed by atoms with E-state index in [1.54, 1.807) is 0 Å². The summed E-state index contributed by atoms with van der Waals surface area (Å²) in [7, 11) is 1.97. The molecule has 0 radical (unpaired) electrons. The summed E-state index contributed by atoms with van der Waals surface area (Å²) in [4.78, 5) is 2.45. The summed E-state index contributed by atoms with van der Waals surface area (Å²) in [6.45, 7) is 4.81. The van der Waals surface area contributed by atoms with Crippen LogP contribution in [0.5, 0.6) is 0 Å². The highest BCUT2D eigenvalue weighted by molar-refractivity contribution is 9.10. The highest BCUT2D eigenvalue weighted by Crippen LogP contribution is 2.14. The minimum absolute atomic E-state index is 0.323. The summed E-state index contributed by atoms with van der Waals surface area (Å²) in [6, 6.07) is 8.54. The number of hydrogen-bond donors (Lipinski definition) is 1. The normalized spacial score (nSPS) is 21.6. The molecule has 0 saturated carbocycles. The molecule has 94 valence electrons. The third kappa shape index (κ3) is 4.07. The first-order valence-corrected chi connectivity index (χ1v) is 6.80.